The van der Waals surface area contributed by atoms with Crippen LogP contribution in [0.1, 0.15) is 25.5 Å². The van der Waals surface area contributed by atoms with E-state index in [4.69, 9.17) is 4.42 Å². The smallest absolute Gasteiger partial charge is 0.222 e. The van der Waals surface area contributed by atoms with E-state index < -0.39 is 0 Å². The fraction of sp³-hybridized carbons (Fsp3) is 0.389. The molecule has 1 amide bonds. The predicted molar refractivity (Wildman–Crippen MR) is 86.4 cm³/mol. The van der Waals surface area contributed by atoms with Crippen molar-refractivity contribution < 1.29 is 14.3 Å². The standard InChI is InChI=1S/C18H23NO3/c1-14(20)12-13-19(2)18(21)11-9-16-8-10-17(22-16)15-6-4-3-5-7-15/h3-8,10,14,20H,9,11-13H2,1-2H3. The highest BCUT2D eigenvalue weighted by Gasteiger charge is 2.11. The molecule has 2 rings (SSSR count). The third kappa shape index (κ3) is 4.74. The molecule has 0 bridgehead atoms. The van der Waals surface area contributed by atoms with Gasteiger partial charge in [0, 0.05) is 32.0 Å². The predicted octanol–water partition coefficient (Wildman–Crippen LogP) is 3.11. The zero-order valence-corrected chi connectivity index (χ0v) is 13.2. The second kappa shape index (κ2) is 7.80. The molecule has 0 aliphatic rings. The van der Waals surface area contributed by atoms with E-state index >= 15 is 0 Å². The maximum Gasteiger partial charge on any atom is 0.222 e. The summed E-state index contributed by atoms with van der Waals surface area (Å²) in [6.07, 6.45) is 1.22. The van der Waals surface area contributed by atoms with Gasteiger partial charge in [-0.2, -0.15) is 0 Å². The maximum atomic E-state index is 12.0. The number of hydrogen-bond donors (Lipinski definition) is 1. The van der Waals surface area contributed by atoms with Crippen LogP contribution in [0.5, 0.6) is 0 Å². The lowest BCUT2D eigenvalue weighted by Crippen LogP contribution is -2.29. The summed E-state index contributed by atoms with van der Waals surface area (Å²) in [5.41, 5.74) is 1.04. The van der Waals surface area contributed by atoms with Crippen LogP contribution in [0.25, 0.3) is 11.3 Å². The van der Waals surface area contributed by atoms with E-state index in [9.17, 15) is 9.90 Å². The third-order valence-electron chi connectivity index (χ3n) is 3.61. The lowest BCUT2D eigenvalue weighted by molar-refractivity contribution is -0.130. The molecule has 0 aliphatic carbocycles. The van der Waals surface area contributed by atoms with Crippen molar-refractivity contribution in [1.82, 2.24) is 4.90 Å². The Balaban J connectivity index is 1.85. The molecular weight excluding hydrogens is 278 g/mol. The first-order valence-electron chi connectivity index (χ1n) is 7.62. The van der Waals surface area contributed by atoms with Crippen molar-refractivity contribution in [2.45, 2.75) is 32.3 Å². The molecule has 0 spiro atoms. The summed E-state index contributed by atoms with van der Waals surface area (Å²) >= 11 is 0. The summed E-state index contributed by atoms with van der Waals surface area (Å²) in [6.45, 7) is 2.30. The number of aryl methyl sites for hydroxylation is 1. The number of aliphatic hydroxyl groups excluding tert-OH is 1. The third-order valence-corrected chi connectivity index (χ3v) is 3.61. The van der Waals surface area contributed by atoms with Gasteiger partial charge in [0.1, 0.15) is 11.5 Å². The fourth-order valence-corrected chi connectivity index (χ4v) is 2.20. The zero-order chi connectivity index (χ0) is 15.9. The number of carbonyl (C=O) groups is 1. The van der Waals surface area contributed by atoms with Gasteiger partial charge < -0.3 is 14.4 Å². The van der Waals surface area contributed by atoms with Crippen molar-refractivity contribution in [3.05, 3.63) is 48.2 Å². The van der Waals surface area contributed by atoms with E-state index in [1.165, 1.54) is 0 Å². The molecule has 4 nitrogen and oxygen atoms in total. The van der Waals surface area contributed by atoms with Gasteiger partial charge in [-0.3, -0.25) is 4.79 Å². The van der Waals surface area contributed by atoms with Gasteiger partial charge in [-0.05, 0) is 25.5 Å². The number of benzene rings is 1. The Morgan fingerprint density at radius 2 is 1.95 bits per heavy atom. The number of nitrogens with zero attached hydrogens (tertiary/aromatic N) is 1. The van der Waals surface area contributed by atoms with Gasteiger partial charge in [0.25, 0.3) is 0 Å². The Kier molecular flexibility index (Phi) is 5.78. The molecule has 1 N–H and O–H groups in total. The lowest BCUT2D eigenvalue weighted by Gasteiger charge is -2.17. The molecule has 1 aromatic heterocycles. The summed E-state index contributed by atoms with van der Waals surface area (Å²) in [7, 11) is 1.77. The van der Waals surface area contributed by atoms with Crippen molar-refractivity contribution in [3.8, 4) is 11.3 Å². The first-order valence-corrected chi connectivity index (χ1v) is 7.62. The molecule has 2 aromatic rings. The molecule has 1 unspecified atom stereocenters. The Bertz CT molecular complexity index is 589. The topological polar surface area (TPSA) is 53.7 Å². The first kappa shape index (κ1) is 16.3. The molecule has 0 saturated heterocycles. The highest BCUT2D eigenvalue weighted by atomic mass is 16.3. The van der Waals surface area contributed by atoms with Crippen molar-refractivity contribution in [2.24, 2.45) is 0 Å². The summed E-state index contributed by atoms with van der Waals surface area (Å²) in [6, 6.07) is 13.8. The number of hydrogen-bond acceptors (Lipinski definition) is 3. The molecule has 1 atom stereocenters. The second-order valence-corrected chi connectivity index (χ2v) is 5.58. The van der Waals surface area contributed by atoms with Crippen LogP contribution >= 0.6 is 0 Å². The van der Waals surface area contributed by atoms with E-state index in [1.54, 1.807) is 18.9 Å². The van der Waals surface area contributed by atoms with Crippen LogP contribution < -0.4 is 0 Å². The van der Waals surface area contributed by atoms with Crippen molar-refractivity contribution in [1.29, 1.82) is 0 Å². The highest BCUT2D eigenvalue weighted by Crippen LogP contribution is 2.22. The summed E-state index contributed by atoms with van der Waals surface area (Å²) in [5.74, 6) is 1.71. The van der Waals surface area contributed by atoms with Gasteiger partial charge >= 0.3 is 0 Å². The monoisotopic (exact) mass is 301 g/mol. The van der Waals surface area contributed by atoms with Gasteiger partial charge in [-0.15, -0.1) is 0 Å². The number of rotatable bonds is 7. The summed E-state index contributed by atoms with van der Waals surface area (Å²) < 4.78 is 5.79. The summed E-state index contributed by atoms with van der Waals surface area (Å²) in [5, 5.41) is 9.25. The Labute approximate surface area is 131 Å². The first-order chi connectivity index (χ1) is 10.6. The molecule has 0 saturated carbocycles. The van der Waals surface area contributed by atoms with E-state index in [0.717, 1.165) is 17.1 Å². The van der Waals surface area contributed by atoms with Gasteiger partial charge in [0.05, 0.1) is 6.10 Å². The fourth-order valence-electron chi connectivity index (χ4n) is 2.20. The minimum absolute atomic E-state index is 0.0679. The van der Waals surface area contributed by atoms with Gasteiger partial charge in [0.2, 0.25) is 5.91 Å². The average molecular weight is 301 g/mol. The number of amides is 1. The van der Waals surface area contributed by atoms with Crippen LogP contribution in [0.15, 0.2) is 46.9 Å². The van der Waals surface area contributed by atoms with Crippen LogP contribution in [0, 0.1) is 0 Å². The Morgan fingerprint density at radius 3 is 2.64 bits per heavy atom. The lowest BCUT2D eigenvalue weighted by atomic mass is 10.2. The van der Waals surface area contributed by atoms with Crippen LogP contribution in [-0.4, -0.2) is 35.6 Å². The molecule has 0 radical (unpaired) electrons. The molecule has 1 heterocycles. The Morgan fingerprint density at radius 1 is 1.23 bits per heavy atom. The summed E-state index contributed by atoms with van der Waals surface area (Å²) in [4.78, 5) is 13.7. The molecule has 4 heteroatoms. The number of carbonyl (C=O) groups excluding carboxylic acids is 1. The van der Waals surface area contributed by atoms with E-state index in [1.807, 2.05) is 42.5 Å². The second-order valence-electron chi connectivity index (χ2n) is 5.58. The van der Waals surface area contributed by atoms with Crippen LogP contribution in [0.2, 0.25) is 0 Å². The molecule has 118 valence electrons. The van der Waals surface area contributed by atoms with E-state index in [2.05, 4.69) is 0 Å². The van der Waals surface area contributed by atoms with Crippen LogP contribution in [0.4, 0.5) is 0 Å². The molecule has 0 fully saturated rings. The van der Waals surface area contributed by atoms with Crippen LogP contribution in [0.3, 0.4) is 0 Å². The number of aliphatic hydroxyl groups is 1. The van der Waals surface area contributed by atoms with Gasteiger partial charge in [-0.1, -0.05) is 30.3 Å². The molecule has 0 aliphatic heterocycles. The van der Waals surface area contributed by atoms with Crippen molar-refractivity contribution >= 4 is 5.91 Å². The molecular formula is C18H23NO3. The normalized spacial score (nSPS) is 12.1. The van der Waals surface area contributed by atoms with Gasteiger partial charge in [0.15, 0.2) is 0 Å². The van der Waals surface area contributed by atoms with E-state index in [-0.39, 0.29) is 12.0 Å². The zero-order valence-electron chi connectivity index (χ0n) is 13.2. The maximum absolute atomic E-state index is 12.0. The highest BCUT2D eigenvalue weighted by molar-refractivity contribution is 5.76. The Hall–Kier alpha value is -2.07. The quantitative estimate of drug-likeness (QED) is 0.855. The van der Waals surface area contributed by atoms with Crippen molar-refractivity contribution in [3.63, 3.8) is 0 Å². The minimum atomic E-state index is -0.381. The van der Waals surface area contributed by atoms with Crippen molar-refractivity contribution in [2.75, 3.05) is 13.6 Å². The number of furan rings is 1. The molecule has 1 aromatic carbocycles. The SMILES string of the molecule is CC(O)CCN(C)C(=O)CCc1ccc(-c2ccccc2)o1. The average Bonchev–Trinajstić information content (AvgIpc) is 3.00. The minimum Gasteiger partial charge on any atom is -0.461 e. The van der Waals surface area contributed by atoms with Gasteiger partial charge in [-0.25, -0.2) is 0 Å². The molecule has 22 heavy (non-hydrogen) atoms. The van der Waals surface area contributed by atoms with E-state index in [0.29, 0.717) is 25.8 Å². The largest absolute Gasteiger partial charge is 0.461 e. The van der Waals surface area contributed by atoms with Crippen LogP contribution in [-0.2, 0) is 11.2 Å².